The molecule has 0 aliphatic heterocycles. The first-order valence-corrected chi connectivity index (χ1v) is 8.05. The fraction of sp³-hybridized carbons (Fsp3) is 0.438. The summed E-state index contributed by atoms with van der Waals surface area (Å²) in [4.78, 5) is 0. The van der Waals surface area contributed by atoms with Gasteiger partial charge >= 0.3 is 0 Å². The van der Waals surface area contributed by atoms with E-state index in [2.05, 4.69) is 34.9 Å². The van der Waals surface area contributed by atoms with Crippen LogP contribution in [-0.2, 0) is 19.4 Å². The molecule has 2 aromatic rings. The van der Waals surface area contributed by atoms with Crippen molar-refractivity contribution < 1.29 is 4.39 Å². The molecule has 114 valence electrons. The molecule has 0 saturated carbocycles. The van der Waals surface area contributed by atoms with E-state index in [1.165, 1.54) is 6.07 Å². The summed E-state index contributed by atoms with van der Waals surface area (Å²) >= 11 is 3.47. The van der Waals surface area contributed by atoms with Crippen LogP contribution in [0.1, 0.15) is 49.3 Å². The van der Waals surface area contributed by atoms with E-state index in [1.54, 1.807) is 12.1 Å². The topological polar surface area (TPSA) is 43.8 Å². The lowest BCUT2D eigenvalue weighted by Crippen LogP contribution is -2.11. The second-order valence-corrected chi connectivity index (χ2v) is 6.05. The van der Waals surface area contributed by atoms with Crippen LogP contribution in [0.5, 0.6) is 0 Å². The van der Waals surface area contributed by atoms with Crippen LogP contribution in [0.2, 0.25) is 0 Å². The number of hydrogen-bond donors (Lipinski definition) is 1. The number of halogens is 2. The predicted octanol–water partition coefficient (Wildman–Crippen LogP) is 3.98. The van der Waals surface area contributed by atoms with Crippen molar-refractivity contribution in [3.8, 4) is 0 Å². The van der Waals surface area contributed by atoms with Gasteiger partial charge in [-0.25, -0.2) is 4.39 Å². The summed E-state index contributed by atoms with van der Waals surface area (Å²) < 4.78 is 16.3. The Bertz CT molecular complexity index is 635. The molecule has 0 fully saturated rings. The third kappa shape index (κ3) is 3.35. The molecule has 1 heterocycles. The average Bonchev–Trinajstić information content (AvgIpc) is 2.80. The molecule has 1 aromatic carbocycles. The molecule has 0 aliphatic rings. The zero-order valence-electron chi connectivity index (χ0n) is 12.7. The van der Waals surface area contributed by atoms with Gasteiger partial charge < -0.3 is 5.73 Å². The van der Waals surface area contributed by atoms with Crippen molar-refractivity contribution >= 4 is 15.9 Å². The highest BCUT2D eigenvalue weighted by molar-refractivity contribution is 9.10. The summed E-state index contributed by atoms with van der Waals surface area (Å²) in [6.45, 7) is 6.70. The van der Waals surface area contributed by atoms with E-state index in [9.17, 15) is 4.39 Å². The second-order valence-electron chi connectivity index (χ2n) is 5.20. The van der Waals surface area contributed by atoms with Crippen LogP contribution in [0.15, 0.2) is 22.7 Å². The minimum atomic E-state index is -0.235. The van der Waals surface area contributed by atoms with Gasteiger partial charge in [-0.1, -0.05) is 29.8 Å². The number of nitrogens with zero attached hydrogens (tertiary/aromatic N) is 2. The second kappa shape index (κ2) is 6.71. The van der Waals surface area contributed by atoms with Crippen LogP contribution in [0.3, 0.4) is 0 Å². The van der Waals surface area contributed by atoms with E-state index >= 15 is 0 Å². The molecule has 5 heteroatoms. The number of aromatic nitrogens is 2. The highest BCUT2D eigenvalue weighted by atomic mass is 79.9. The lowest BCUT2D eigenvalue weighted by Gasteiger charge is -2.11. The van der Waals surface area contributed by atoms with Crippen molar-refractivity contribution in [2.75, 3.05) is 0 Å². The van der Waals surface area contributed by atoms with E-state index in [0.717, 1.165) is 39.8 Å². The highest BCUT2D eigenvalue weighted by Crippen LogP contribution is 2.25. The molecule has 0 saturated heterocycles. The molecule has 3 nitrogen and oxygen atoms in total. The SMILES string of the molecule is CCc1nn(Cc2cc(F)ccc2Br)c(CC)c1C(C)N. The maximum absolute atomic E-state index is 13.4. The molecular weight excluding hydrogens is 333 g/mol. The summed E-state index contributed by atoms with van der Waals surface area (Å²) in [6, 6.07) is 4.68. The van der Waals surface area contributed by atoms with Gasteiger partial charge in [0.2, 0.25) is 0 Å². The Morgan fingerprint density at radius 2 is 2.05 bits per heavy atom. The van der Waals surface area contributed by atoms with E-state index in [0.29, 0.717) is 6.54 Å². The maximum Gasteiger partial charge on any atom is 0.123 e. The highest BCUT2D eigenvalue weighted by Gasteiger charge is 2.19. The van der Waals surface area contributed by atoms with Gasteiger partial charge in [0, 0.05) is 21.8 Å². The van der Waals surface area contributed by atoms with Crippen LogP contribution in [-0.4, -0.2) is 9.78 Å². The summed E-state index contributed by atoms with van der Waals surface area (Å²) in [7, 11) is 0. The lowest BCUT2D eigenvalue weighted by atomic mass is 10.0. The first kappa shape index (κ1) is 16.2. The van der Waals surface area contributed by atoms with Crippen molar-refractivity contribution in [3.05, 3.63) is 51.0 Å². The van der Waals surface area contributed by atoms with E-state index in [1.807, 2.05) is 11.6 Å². The van der Waals surface area contributed by atoms with Crippen molar-refractivity contribution in [2.45, 2.75) is 46.2 Å². The quantitative estimate of drug-likeness (QED) is 0.883. The third-order valence-corrected chi connectivity index (χ3v) is 4.40. The van der Waals surface area contributed by atoms with Gasteiger partial charge in [0.15, 0.2) is 0 Å². The monoisotopic (exact) mass is 353 g/mol. The van der Waals surface area contributed by atoms with Crippen molar-refractivity contribution in [1.82, 2.24) is 9.78 Å². The molecular formula is C16H21BrFN3. The molecule has 1 atom stereocenters. The zero-order valence-corrected chi connectivity index (χ0v) is 14.2. The van der Waals surface area contributed by atoms with Crippen LogP contribution < -0.4 is 5.73 Å². The number of aryl methyl sites for hydroxylation is 1. The lowest BCUT2D eigenvalue weighted by molar-refractivity contribution is 0.609. The molecule has 0 spiro atoms. The van der Waals surface area contributed by atoms with Crippen molar-refractivity contribution in [2.24, 2.45) is 5.73 Å². The molecule has 21 heavy (non-hydrogen) atoms. The first-order valence-electron chi connectivity index (χ1n) is 7.25. The number of nitrogens with two attached hydrogens (primary N) is 1. The van der Waals surface area contributed by atoms with E-state index in [-0.39, 0.29) is 11.9 Å². The van der Waals surface area contributed by atoms with Gasteiger partial charge in [-0.3, -0.25) is 4.68 Å². The Balaban J connectivity index is 2.46. The fourth-order valence-corrected chi connectivity index (χ4v) is 3.05. The van der Waals surface area contributed by atoms with E-state index < -0.39 is 0 Å². The molecule has 0 amide bonds. The average molecular weight is 354 g/mol. The Labute approximate surface area is 133 Å². The summed E-state index contributed by atoms with van der Waals surface area (Å²) in [5, 5.41) is 4.68. The Kier molecular flexibility index (Phi) is 5.17. The zero-order chi connectivity index (χ0) is 15.6. The molecule has 0 bridgehead atoms. The Morgan fingerprint density at radius 1 is 1.33 bits per heavy atom. The fourth-order valence-electron chi connectivity index (χ4n) is 2.68. The number of benzene rings is 1. The summed E-state index contributed by atoms with van der Waals surface area (Å²) in [6.07, 6.45) is 1.71. The minimum Gasteiger partial charge on any atom is -0.324 e. The van der Waals surface area contributed by atoms with Crippen LogP contribution >= 0.6 is 15.9 Å². The van der Waals surface area contributed by atoms with Crippen molar-refractivity contribution in [3.63, 3.8) is 0 Å². The molecule has 2 N–H and O–H groups in total. The van der Waals surface area contributed by atoms with Gasteiger partial charge in [0.05, 0.1) is 12.2 Å². The molecule has 2 rings (SSSR count). The van der Waals surface area contributed by atoms with Gasteiger partial charge in [-0.2, -0.15) is 5.10 Å². The number of rotatable bonds is 5. The molecule has 0 radical (unpaired) electrons. The molecule has 1 unspecified atom stereocenters. The van der Waals surface area contributed by atoms with Crippen molar-refractivity contribution in [1.29, 1.82) is 0 Å². The smallest absolute Gasteiger partial charge is 0.123 e. The van der Waals surface area contributed by atoms with Crippen LogP contribution in [0.4, 0.5) is 4.39 Å². The normalized spacial score (nSPS) is 12.7. The Hall–Kier alpha value is -1.20. The standard InChI is InChI=1S/C16H21BrFN3/c1-4-14-16(10(3)19)15(5-2)21(20-14)9-11-8-12(18)6-7-13(11)17/h6-8,10H,4-5,9,19H2,1-3H3. The minimum absolute atomic E-state index is 0.0420. The largest absolute Gasteiger partial charge is 0.324 e. The predicted molar refractivity (Wildman–Crippen MR) is 86.8 cm³/mol. The maximum atomic E-state index is 13.4. The van der Waals surface area contributed by atoms with Crippen LogP contribution in [0, 0.1) is 5.82 Å². The third-order valence-electron chi connectivity index (χ3n) is 3.63. The van der Waals surface area contributed by atoms with Gasteiger partial charge in [-0.05, 0) is 43.5 Å². The molecule has 0 aliphatic carbocycles. The van der Waals surface area contributed by atoms with Gasteiger partial charge in [-0.15, -0.1) is 0 Å². The summed E-state index contributed by atoms with van der Waals surface area (Å²) in [5.74, 6) is -0.235. The van der Waals surface area contributed by atoms with E-state index in [4.69, 9.17) is 5.73 Å². The first-order chi connectivity index (χ1) is 9.97. The Morgan fingerprint density at radius 3 is 2.62 bits per heavy atom. The van der Waals surface area contributed by atoms with Crippen LogP contribution in [0.25, 0.3) is 0 Å². The summed E-state index contributed by atoms with van der Waals surface area (Å²) in [5.41, 5.74) is 10.3. The van der Waals surface area contributed by atoms with Gasteiger partial charge in [0.25, 0.3) is 0 Å². The number of hydrogen-bond acceptors (Lipinski definition) is 2. The van der Waals surface area contributed by atoms with Gasteiger partial charge in [0.1, 0.15) is 5.82 Å². The molecule has 1 aromatic heterocycles.